The SMILES string of the molecule is CC1CCC(CN)N1. The third kappa shape index (κ3) is 1.20. The first-order chi connectivity index (χ1) is 3.83. The molecule has 0 aromatic heterocycles. The Bertz CT molecular complexity index is 72.9. The molecule has 8 heavy (non-hydrogen) atoms. The van der Waals surface area contributed by atoms with E-state index in [0.29, 0.717) is 12.1 Å². The minimum atomic E-state index is 0.602. The van der Waals surface area contributed by atoms with Crippen molar-refractivity contribution in [3.05, 3.63) is 0 Å². The molecule has 2 atom stereocenters. The molecule has 2 nitrogen and oxygen atoms in total. The summed E-state index contributed by atoms with van der Waals surface area (Å²) < 4.78 is 0. The van der Waals surface area contributed by atoms with E-state index < -0.39 is 0 Å². The van der Waals surface area contributed by atoms with Gasteiger partial charge in [0.2, 0.25) is 0 Å². The van der Waals surface area contributed by atoms with Gasteiger partial charge in [0, 0.05) is 18.6 Å². The van der Waals surface area contributed by atoms with Crippen LogP contribution in [-0.2, 0) is 0 Å². The Kier molecular flexibility index (Phi) is 1.86. The molecule has 0 radical (unpaired) electrons. The first-order valence-corrected chi connectivity index (χ1v) is 3.29. The van der Waals surface area contributed by atoms with Gasteiger partial charge in [0.05, 0.1) is 0 Å². The van der Waals surface area contributed by atoms with E-state index in [2.05, 4.69) is 12.2 Å². The molecular weight excluding hydrogens is 100 g/mol. The molecule has 0 spiro atoms. The zero-order chi connectivity index (χ0) is 5.98. The Hall–Kier alpha value is -0.0800. The topological polar surface area (TPSA) is 38.0 Å². The Labute approximate surface area is 50.4 Å². The van der Waals surface area contributed by atoms with Gasteiger partial charge in [0.1, 0.15) is 0 Å². The summed E-state index contributed by atoms with van der Waals surface area (Å²) in [5, 5.41) is 3.38. The summed E-state index contributed by atoms with van der Waals surface area (Å²) in [5.41, 5.74) is 5.43. The largest absolute Gasteiger partial charge is 0.329 e. The van der Waals surface area contributed by atoms with Crippen molar-refractivity contribution in [3.63, 3.8) is 0 Å². The van der Waals surface area contributed by atoms with Crippen LogP contribution in [-0.4, -0.2) is 18.6 Å². The molecular formula is C6H14N2. The summed E-state index contributed by atoms with van der Waals surface area (Å²) in [5.74, 6) is 0. The summed E-state index contributed by atoms with van der Waals surface area (Å²) in [4.78, 5) is 0. The molecule has 3 N–H and O–H groups in total. The van der Waals surface area contributed by atoms with Gasteiger partial charge in [-0.3, -0.25) is 0 Å². The van der Waals surface area contributed by atoms with Crippen molar-refractivity contribution < 1.29 is 0 Å². The van der Waals surface area contributed by atoms with E-state index in [1.54, 1.807) is 0 Å². The van der Waals surface area contributed by atoms with Gasteiger partial charge >= 0.3 is 0 Å². The van der Waals surface area contributed by atoms with Gasteiger partial charge < -0.3 is 11.1 Å². The first-order valence-electron chi connectivity index (χ1n) is 3.29. The standard InChI is InChI=1S/C6H14N2/c1-5-2-3-6(4-7)8-5/h5-6,8H,2-4,7H2,1H3. The van der Waals surface area contributed by atoms with E-state index in [0.717, 1.165) is 6.54 Å². The summed E-state index contributed by atoms with van der Waals surface area (Å²) in [6, 6.07) is 1.30. The van der Waals surface area contributed by atoms with Crippen LogP contribution in [0.5, 0.6) is 0 Å². The van der Waals surface area contributed by atoms with Crippen molar-refractivity contribution in [1.29, 1.82) is 0 Å². The lowest BCUT2D eigenvalue weighted by Crippen LogP contribution is -2.33. The molecule has 0 bridgehead atoms. The Morgan fingerprint density at radius 1 is 1.62 bits per heavy atom. The van der Waals surface area contributed by atoms with Crippen LogP contribution >= 0.6 is 0 Å². The van der Waals surface area contributed by atoms with Crippen molar-refractivity contribution in [2.75, 3.05) is 6.54 Å². The zero-order valence-electron chi connectivity index (χ0n) is 5.35. The number of rotatable bonds is 1. The molecule has 0 aromatic carbocycles. The molecule has 48 valence electrons. The van der Waals surface area contributed by atoms with Gasteiger partial charge in [-0.25, -0.2) is 0 Å². The molecule has 1 heterocycles. The molecule has 0 amide bonds. The molecule has 2 unspecified atom stereocenters. The monoisotopic (exact) mass is 114 g/mol. The smallest absolute Gasteiger partial charge is 0.0193 e. The molecule has 1 rings (SSSR count). The average molecular weight is 114 g/mol. The minimum Gasteiger partial charge on any atom is -0.329 e. The third-order valence-corrected chi connectivity index (χ3v) is 1.75. The fourth-order valence-electron chi connectivity index (χ4n) is 1.21. The van der Waals surface area contributed by atoms with E-state index in [4.69, 9.17) is 5.73 Å². The lowest BCUT2D eigenvalue weighted by Gasteiger charge is -2.06. The van der Waals surface area contributed by atoms with Crippen LogP contribution in [0.3, 0.4) is 0 Å². The molecule has 1 aliphatic heterocycles. The number of hydrogen-bond acceptors (Lipinski definition) is 2. The maximum absolute atomic E-state index is 5.43. The van der Waals surface area contributed by atoms with Crippen molar-refractivity contribution in [3.8, 4) is 0 Å². The molecule has 0 aliphatic carbocycles. The lowest BCUT2D eigenvalue weighted by atomic mass is 10.2. The maximum atomic E-state index is 5.43. The number of nitrogens with one attached hydrogen (secondary N) is 1. The summed E-state index contributed by atoms with van der Waals surface area (Å²) in [7, 11) is 0. The van der Waals surface area contributed by atoms with Gasteiger partial charge in [-0.1, -0.05) is 0 Å². The molecule has 2 heteroatoms. The summed E-state index contributed by atoms with van der Waals surface area (Å²) >= 11 is 0. The second kappa shape index (κ2) is 2.46. The summed E-state index contributed by atoms with van der Waals surface area (Å²) in [6.07, 6.45) is 2.56. The number of hydrogen-bond donors (Lipinski definition) is 2. The minimum absolute atomic E-state index is 0.602. The van der Waals surface area contributed by atoms with Crippen molar-refractivity contribution >= 4 is 0 Å². The van der Waals surface area contributed by atoms with E-state index in [9.17, 15) is 0 Å². The van der Waals surface area contributed by atoms with Gasteiger partial charge in [0.15, 0.2) is 0 Å². The van der Waals surface area contributed by atoms with Gasteiger partial charge in [0.25, 0.3) is 0 Å². The fourth-order valence-corrected chi connectivity index (χ4v) is 1.21. The molecule has 0 aromatic rings. The van der Waals surface area contributed by atoms with E-state index in [1.165, 1.54) is 12.8 Å². The van der Waals surface area contributed by atoms with Crippen LogP contribution in [0.25, 0.3) is 0 Å². The second-order valence-electron chi connectivity index (χ2n) is 2.58. The maximum Gasteiger partial charge on any atom is 0.0193 e. The van der Waals surface area contributed by atoms with E-state index >= 15 is 0 Å². The fraction of sp³-hybridized carbons (Fsp3) is 1.00. The molecule has 1 fully saturated rings. The van der Waals surface area contributed by atoms with Crippen LogP contribution in [0.2, 0.25) is 0 Å². The van der Waals surface area contributed by atoms with Crippen LogP contribution in [0, 0.1) is 0 Å². The quantitative estimate of drug-likeness (QED) is 0.507. The normalized spacial score (nSPS) is 38.2. The second-order valence-corrected chi connectivity index (χ2v) is 2.58. The van der Waals surface area contributed by atoms with Crippen molar-refractivity contribution in [2.45, 2.75) is 31.8 Å². The van der Waals surface area contributed by atoms with Crippen LogP contribution in [0.4, 0.5) is 0 Å². The third-order valence-electron chi connectivity index (χ3n) is 1.75. The molecule has 0 saturated carbocycles. The highest BCUT2D eigenvalue weighted by atomic mass is 15.0. The average Bonchev–Trinajstić information content (AvgIpc) is 2.14. The van der Waals surface area contributed by atoms with E-state index in [-0.39, 0.29) is 0 Å². The van der Waals surface area contributed by atoms with Gasteiger partial charge in [-0.15, -0.1) is 0 Å². The Morgan fingerprint density at radius 2 is 2.38 bits per heavy atom. The highest BCUT2D eigenvalue weighted by Crippen LogP contribution is 2.09. The predicted molar refractivity (Wildman–Crippen MR) is 34.7 cm³/mol. The van der Waals surface area contributed by atoms with Crippen molar-refractivity contribution in [2.24, 2.45) is 5.73 Å². The predicted octanol–water partition coefficient (Wildman–Crippen LogP) is 0.0856. The summed E-state index contributed by atoms with van der Waals surface area (Å²) in [6.45, 7) is 3.00. The molecule has 1 saturated heterocycles. The van der Waals surface area contributed by atoms with Crippen molar-refractivity contribution in [1.82, 2.24) is 5.32 Å². The molecule has 1 aliphatic rings. The van der Waals surface area contributed by atoms with Crippen LogP contribution < -0.4 is 11.1 Å². The van der Waals surface area contributed by atoms with Crippen LogP contribution in [0.15, 0.2) is 0 Å². The number of nitrogens with two attached hydrogens (primary N) is 1. The van der Waals surface area contributed by atoms with E-state index in [1.807, 2.05) is 0 Å². The van der Waals surface area contributed by atoms with Gasteiger partial charge in [-0.05, 0) is 19.8 Å². The van der Waals surface area contributed by atoms with Crippen LogP contribution in [0.1, 0.15) is 19.8 Å². The van der Waals surface area contributed by atoms with Gasteiger partial charge in [-0.2, -0.15) is 0 Å². The highest BCUT2D eigenvalue weighted by Gasteiger charge is 2.17. The Balaban J connectivity index is 2.22. The highest BCUT2D eigenvalue weighted by molar-refractivity contribution is 4.80. The Morgan fingerprint density at radius 3 is 2.62 bits per heavy atom. The lowest BCUT2D eigenvalue weighted by molar-refractivity contribution is 0.568. The zero-order valence-corrected chi connectivity index (χ0v) is 5.35. The first kappa shape index (κ1) is 6.05.